The van der Waals surface area contributed by atoms with E-state index in [1.807, 2.05) is 18.2 Å². The molecule has 3 rings (SSSR count). The van der Waals surface area contributed by atoms with Crippen LogP contribution in [-0.2, 0) is 13.1 Å². The maximum Gasteiger partial charge on any atom is 0.192 e. The third kappa shape index (κ3) is 5.61. The predicted octanol–water partition coefficient (Wildman–Crippen LogP) is 4.65. The molecule has 2 aromatic heterocycles. The number of nitrogens with one attached hydrogen (secondary N) is 2. The van der Waals surface area contributed by atoms with E-state index in [9.17, 15) is 0 Å². The summed E-state index contributed by atoms with van der Waals surface area (Å²) in [5.41, 5.74) is 3.30. The van der Waals surface area contributed by atoms with Crippen LogP contribution in [0.4, 0.5) is 0 Å². The topological polar surface area (TPSA) is 62.2 Å². The van der Waals surface area contributed by atoms with Gasteiger partial charge < -0.3 is 10.6 Å². The first-order valence-corrected chi connectivity index (χ1v) is 10.9. The molecule has 0 radical (unpaired) electrons. The van der Waals surface area contributed by atoms with Crippen molar-refractivity contribution >= 4 is 28.6 Å². The number of hydrogen-bond acceptors (Lipinski definition) is 5. The molecule has 2 heterocycles. The van der Waals surface area contributed by atoms with Crippen LogP contribution in [-0.4, -0.2) is 22.5 Å². The molecule has 0 atom stereocenters. The minimum atomic E-state index is 0.453. The fourth-order valence-corrected chi connectivity index (χ4v) is 4.07. The highest BCUT2D eigenvalue weighted by molar-refractivity contribution is 7.10. The van der Waals surface area contributed by atoms with Crippen molar-refractivity contribution in [2.24, 2.45) is 4.99 Å². The molecular weight excluding hydrogens is 374 g/mol. The fourth-order valence-electron chi connectivity index (χ4n) is 2.44. The third-order valence-corrected chi connectivity index (χ3v) is 5.61. The van der Waals surface area contributed by atoms with Gasteiger partial charge in [0.05, 0.1) is 24.5 Å². The van der Waals surface area contributed by atoms with E-state index in [2.05, 4.69) is 64.3 Å². The molecule has 0 aliphatic heterocycles. The van der Waals surface area contributed by atoms with Crippen LogP contribution in [0, 0.1) is 0 Å². The summed E-state index contributed by atoms with van der Waals surface area (Å²) in [7, 11) is 0. The highest BCUT2D eigenvalue weighted by Gasteiger charge is 2.07. The third-order valence-electron chi connectivity index (χ3n) is 3.91. The zero-order valence-corrected chi connectivity index (χ0v) is 17.5. The molecule has 0 bridgehead atoms. The summed E-state index contributed by atoms with van der Waals surface area (Å²) in [4.78, 5) is 14.0. The second-order valence-corrected chi connectivity index (χ2v) is 8.25. The Morgan fingerprint density at radius 2 is 1.81 bits per heavy atom. The first kappa shape index (κ1) is 19.5. The van der Waals surface area contributed by atoms with E-state index in [1.165, 1.54) is 0 Å². The van der Waals surface area contributed by atoms with E-state index in [-0.39, 0.29) is 0 Å². The molecule has 3 aromatic rings. The van der Waals surface area contributed by atoms with Crippen LogP contribution < -0.4 is 10.6 Å². The van der Waals surface area contributed by atoms with E-state index < -0.39 is 0 Å². The van der Waals surface area contributed by atoms with Gasteiger partial charge in [-0.25, -0.2) is 15.0 Å². The molecule has 0 saturated carbocycles. The Hall–Kier alpha value is -2.25. The molecule has 0 unspecified atom stereocenters. The lowest BCUT2D eigenvalue weighted by Crippen LogP contribution is -2.36. The van der Waals surface area contributed by atoms with Gasteiger partial charge in [0.15, 0.2) is 5.96 Å². The van der Waals surface area contributed by atoms with Crippen LogP contribution in [0.3, 0.4) is 0 Å². The quantitative estimate of drug-likeness (QED) is 0.449. The van der Waals surface area contributed by atoms with Crippen LogP contribution in [0.15, 0.2) is 46.1 Å². The van der Waals surface area contributed by atoms with Crippen molar-refractivity contribution in [2.45, 2.75) is 39.8 Å². The smallest absolute Gasteiger partial charge is 0.192 e. The molecule has 0 aliphatic carbocycles. The van der Waals surface area contributed by atoms with Gasteiger partial charge in [-0.3, -0.25) is 0 Å². The summed E-state index contributed by atoms with van der Waals surface area (Å²) in [5.74, 6) is 1.24. The molecular formula is C20H25N5S2. The predicted molar refractivity (Wildman–Crippen MR) is 115 cm³/mol. The Morgan fingerprint density at radius 3 is 2.52 bits per heavy atom. The second-order valence-electron chi connectivity index (χ2n) is 6.36. The maximum atomic E-state index is 4.72. The summed E-state index contributed by atoms with van der Waals surface area (Å²) in [6, 6.07) is 10.2. The Labute approximate surface area is 168 Å². The number of thiazole rings is 2. The Balaban J connectivity index is 1.60. The first-order valence-electron chi connectivity index (χ1n) is 9.12. The monoisotopic (exact) mass is 399 g/mol. The van der Waals surface area contributed by atoms with Gasteiger partial charge in [0.25, 0.3) is 0 Å². The van der Waals surface area contributed by atoms with E-state index in [0.29, 0.717) is 19.0 Å². The highest BCUT2D eigenvalue weighted by Crippen LogP contribution is 2.21. The molecule has 2 N–H and O–H groups in total. The van der Waals surface area contributed by atoms with Crippen LogP contribution >= 0.6 is 22.7 Å². The number of aliphatic imine (C=N–C) groups is 1. The molecule has 27 heavy (non-hydrogen) atoms. The van der Waals surface area contributed by atoms with Gasteiger partial charge in [0.1, 0.15) is 10.0 Å². The first-order chi connectivity index (χ1) is 13.2. The lowest BCUT2D eigenvalue weighted by atomic mass is 10.2. The normalized spacial score (nSPS) is 11.8. The average Bonchev–Trinajstić information content (AvgIpc) is 3.34. The van der Waals surface area contributed by atoms with Gasteiger partial charge in [0.2, 0.25) is 0 Å². The summed E-state index contributed by atoms with van der Waals surface area (Å²) in [6.07, 6.45) is 0. The number of hydrogen-bond donors (Lipinski definition) is 2. The summed E-state index contributed by atoms with van der Waals surface area (Å²) in [5, 5.41) is 12.9. The zero-order valence-electron chi connectivity index (χ0n) is 15.9. The number of aromatic nitrogens is 2. The molecule has 0 saturated heterocycles. The van der Waals surface area contributed by atoms with Crippen LogP contribution in [0.1, 0.15) is 42.4 Å². The van der Waals surface area contributed by atoms with E-state index in [0.717, 1.165) is 39.5 Å². The Morgan fingerprint density at radius 1 is 1.04 bits per heavy atom. The Bertz CT molecular complexity index is 867. The summed E-state index contributed by atoms with van der Waals surface area (Å²) in [6.45, 7) is 8.43. The van der Waals surface area contributed by atoms with E-state index >= 15 is 0 Å². The second kappa shape index (κ2) is 9.62. The molecule has 0 amide bonds. The molecule has 5 nitrogen and oxygen atoms in total. The lowest BCUT2D eigenvalue weighted by Gasteiger charge is -2.09. The largest absolute Gasteiger partial charge is 0.357 e. The molecule has 1 aromatic carbocycles. The van der Waals surface area contributed by atoms with Crippen molar-refractivity contribution in [1.29, 1.82) is 0 Å². The van der Waals surface area contributed by atoms with Crippen molar-refractivity contribution in [3.63, 3.8) is 0 Å². The number of nitrogens with zero attached hydrogens (tertiary/aromatic N) is 3. The van der Waals surface area contributed by atoms with Crippen molar-refractivity contribution in [3.05, 3.63) is 56.8 Å². The minimum absolute atomic E-state index is 0.453. The standard InChI is InChI=1S/C20H25N5S2/c1-4-21-20(22-10-18-24-16(12-26-18)14(2)3)23-11-19-25-17(13-27-19)15-8-6-5-7-9-15/h5-9,12-14H,4,10-11H2,1-3H3,(H2,21,22,23). The van der Waals surface area contributed by atoms with Crippen molar-refractivity contribution in [3.8, 4) is 11.3 Å². The van der Waals surface area contributed by atoms with Gasteiger partial charge in [-0.05, 0) is 12.8 Å². The van der Waals surface area contributed by atoms with Crippen molar-refractivity contribution < 1.29 is 0 Å². The van der Waals surface area contributed by atoms with Gasteiger partial charge in [-0.15, -0.1) is 22.7 Å². The van der Waals surface area contributed by atoms with Gasteiger partial charge in [-0.1, -0.05) is 44.2 Å². The van der Waals surface area contributed by atoms with E-state index in [4.69, 9.17) is 4.98 Å². The molecule has 0 fully saturated rings. The highest BCUT2D eigenvalue weighted by atomic mass is 32.1. The van der Waals surface area contributed by atoms with Gasteiger partial charge in [0, 0.05) is 22.9 Å². The average molecular weight is 400 g/mol. The van der Waals surface area contributed by atoms with Crippen LogP contribution in [0.2, 0.25) is 0 Å². The fraction of sp³-hybridized carbons (Fsp3) is 0.350. The SMILES string of the molecule is CCNC(=NCc1nc(C(C)C)cs1)NCc1nc(-c2ccccc2)cs1. The molecule has 7 heteroatoms. The summed E-state index contributed by atoms with van der Waals surface area (Å²) < 4.78 is 0. The maximum absolute atomic E-state index is 4.72. The summed E-state index contributed by atoms with van der Waals surface area (Å²) >= 11 is 3.33. The van der Waals surface area contributed by atoms with Gasteiger partial charge in [-0.2, -0.15) is 0 Å². The lowest BCUT2D eigenvalue weighted by molar-refractivity contribution is 0.801. The molecule has 142 valence electrons. The number of rotatable bonds is 7. The minimum Gasteiger partial charge on any atom is -0.357 e. The number of benzene rings is 1. The number of guanidine groups is 1. The van der Waals surface area contributed by atoms with Crippen molar-refractivity contribution in [1.82, 2.24) is 20.6 Å². The van der Waals surface area contributed by atoms with Crippen LogP contribution in [0.25, 0.3) is 11.3 Å². The zero-order chi connectivity index (χ0) is 19.1. The molecule has 0 spiro atoms. The van der Waals surface area contributed by atoms with Crippen molar-refractivity contribution in [2.75, 3.05) is 6.54 Å². The van der Waals surface area contributed by atoms with Gasteiger partial charge >= 0.3 is 0 Å². The van der Waals surface area contributed by atoms with Crippen LogP contribution in [0.5, 0.6) is 0 Å². The Kier molecular flexibility index (Phi) is 6.95. The molecule has 0 aliphatic rings. The van der Waals surface area contributed by atoms with E-state index in [1.54, 1.807) is 22.7 Å².